The van der Waals surface area contributed by atoms with Gasteiger partial charge < -0.3 is 5.32 Å². The van der Waals surface area contributed by atoms with Crippen molar-refractivity contribution in [2.45, 2.75) is 84.1 Å². The zero-order valence-corrected chi connectivity index (χ0v) is 12.6. The number of rotatable bonds is 8. The molecule has 0 aromatic heterocycles. The highest BCUT2D eigenvalue weighted by Gasteiger charge is 2.31. The maximum absolute atomic E-state index is 3.80. The summed E-state index contributed by atoms with van der Waals surface area (Å²) in [6.07, 6.45) is 14.7. The Kier molecular flexibility index (Phi) is 6.01. The van der Waals surface area contributed by atoms with Gasteiger partial charge in [0.25, 0.3) is 0 Å². The van der Waals surface area contributed by atoms with Crippen molar-refractivity contribution in [1.82, 2.24) is 5.32 Å². The van der Waals surface area contributed by atoms with E-state index in [0.717, 1.165) is 23.8 Å². The fourth-order valence-corrected chi connectivity index (χ4v) is 3.78. The summed E-state index contributed by atoms with van der Waals surface area (Å²) in [6, 6.07) is 0.854. The van der Waals surface area contributed by atoms with Crippen molar-refractivity contribution in [3.63, 3.8) is 0 Å². The van der Waals surface area contributed by atoms with E-state index in [0.29, 0.717) is 0 Å². The fraction of sp³-hybridized carbons (Fsp3) is 1.00. The van der Waals surface area contributed by atoms with E-state index in [9.17, 15) is 0 Å². The molecule has 0 aromatic rings. The first-order valence-corrected chi connectivity index (χ1v) is 8.56. The summed E-state index contributed by atoms with van der Waals surface area (Å²) in [5.74, 6) is 3.13. The summed E-state index contributed by atoms with van der Waals surface area (Å²) in [6.45, 7) is 5.89. The summed E-state index contributed by atoms with van der Waals surface area (Å²) in [7, 11) is 0. The van der Waals surface area contributed by atoms with Gasteiger partial charge in [-0.3, -0.25) is 0 Å². The van der Waals surface area contributed by atoms with Crippen molar-refractivity contribution >= 4 is 0 Å². The van der Waals surface area contributed by atoms with Crippen LogP contribution in [-0.2, 0) is 0 Å². The molecule has 3 unspecified atom stereocenters. The Morgan fingerprint density at radius 3 is 2.50 bits per heavy atom. The molecule has 0 bridgehead atoms. The van der Waals surface area contributed by atoms with Gasteiger partial charge in [0.1, 0.15) is 0 Å². The minimum Gasteiger partial charge on any atom is -0.314 e. The van der Waals surface area contributed by atoms with Crippen LogP contribution in [0.3, 0.4) is 0 Å². The third-order valence-electron chi connectivity index (χ3n) is 5.20. The SMILES string of the molecule is CCCNC(CCC1CCCC(CC)C1)C1CC1. The van der Waals surface area contributed by atoms with Crippen LogP contribution in [0.5, 0.6) is 0 Å². The molecule has 0 radical (unpaired) electrons. The Morgan fingerprint density at radius 2 is 1.83 bits per heavy atom. The third kappa shape index (κ3) is 4.57. The molecule has 2 rings (SSSR count). The molecule has 2 aliphatic rings. The van der Waals surface area contributed by atoms with Gasteiger partial charge in [0.2, 0.25) is 0 Å². The molecular weight excluding hydrogens is 218 g/mol. The molecule has 0 aromatic carbocycles. The van der Waals surface area contributed by atoms with Crippen LogP contribution < -0.4 is 5.32 Å². The fourth-order valence-electron chi connectivity index (χ4n) is 3.78. The van der Waals surface area contributed by atoms with Crippen molar-refractivity contribution in [2.75, 3.05) is 6.54 Å². The normalized spacial score (nSPS) is 30.3. The van der Waals surface area contributed by atoms with E-state index in [1.807, 2.05) is 0 Å². The highest BCUT2D eigenvalue weighted by atomic mass is 14.9. The van der Waals surface area contributed by atoms with Crippen LogP contribution in [-0.4, -0.2) is 12.6 Å². The van der Waals surface area contributed by atoms with Crippen LogP contribution in [0.4, 0.5) is 0 Å². The molecule has 0 aliphatic heterocycles. The summed E-state index contributed by atoms with van der Waals surface area (Å²) in [5, 5.41) is 3.80. The molecule has 1 nitrogen and oxygen atoms in total. The van der Waals surface area contributed by atoms with Gasteiger partial charge in [-0.05, 0) is 62.8 Å². The maximum atomic E-state index is 3.80. The van der Waals surface area contributed by atoms with E-state index in [2.05, 4.69) is 19.2 Å². The maximum Gasteiger partial charge on any atom is 0.00954 e. The second-order valence-corrected chi connectivity index (χ2v) is 6.78. The predicted octanol–water partition coefficient (Wildman–Crippen LogP) is 4.76. The van der Waals surface area contributed by atoms with E-state index >= 15 is 0 Å². The molecular formula is C17H33N. The molecule has 18 heavy (non-hydrogen) atoms. The summed E-state index contributed by atoms with van der Waals surface area (Å²) in [4.78, 5) is 0. The molecule has 0 spiro atoms. The highest BCUT2D eigenvalue weighted by Crippen LogP contribution is 2.38. The van der Waals surface area contributed by atoms with Crippen LogP contribution in [0.15, 0.2) is 0 Å². The molecule has 2 saturated carbocycles. The Balaban J connectivity index is 1.68. The Hall–Kier alpha value is -0.0400. The second-order valence-electron chi connectivity index (χ2n) is 6.78. The first kappa shape index (κ1) is 14.4. The quantitative estimate of drug-likeness (QED) is 0.656. The monoisotopic (exact) mass is 251 g/mol. The minimum absolute atomic E-state index is 0.854. The van der Waals surface area contributed by atoms with Gasteiger partial charge in [0.05, 0.1) is 0 Å². The summed E-state index contributed by atoms with van der Waals surface area (Å²) >= 11 is 0. The minimum atomic E-state index is 0.854. The lowest BCUT2D eigenvalue weighted by Gasteiger charge is -2.30. The van der Waals surface area contributed by atoms with Gasteiger partial charge in [-0.15, -0.1) is 0 Å². The van der Waals surface area contributed by atoms with Crippen molar-refractivity contribution in [3.05, 3.63) is 0 Å². The smallest absolute Gasteiger partial charge is 0.00954 e. The van der Waals surface area contributed by atoms with Crippen molar-refractivity contribution in [2.24, 2.45) is 17.8 Å². The van der Waals surface area contributed by atoms with Crippen molar-refractivity contribution in [3.8, 4) is 0 Å². The van der Waals surface area contributed by atoms with Gasteiger partial charge in [-0.1, -0.05) is 39.5 Å². The van der Waals surface area contributed by atoms with Crippen LogP contribution in [0, 0.1) is 17.8 Å². The summed E-state index contributed by atoms with van der Waals surface area (Å²) in [5.41, 5.74) is 0. The molecule has 0 amide bonds. The van der Waals surface area contributed by atoms with E-state index in [1.54, 1.807) is 0 Å². The van der Waals surface area contributed by atoms with Gasteiger partial charge in [-0.25, -0.2) is 0 Å². The first-order valence-electron chi connectivity index (χ1n) is 8.56. The molecule has 2 fully saturated rings. The zero-order chi connectivity index (χ0) is 12.8. The molecule has 1 N–H and O–H groups in total. The Labute approximate surface area is 114 Å². The molecule has 0 heterocycles. The zero-order valence-electron chi connectivity index (χ0n) is 12.6. The first-order chi connectivity index (χ1) is 8.83. The summed E-state index contributed by atoms with van der Waals surface area (Å²) < 4.78 is 0. The highest BCUT2D eigenvalue weighted by molar-refractivity contribution is 4.87. The average Bonchev–Trinajstić information content (AvgIpc) is 3.23. The standard InChI is InChI=1S/C17H33N/c1-3-12-18-17(16-9-10-16)11-8-15-7-5-6-14(4-2)13-15/h14-18H,3-13H2,1-2H3. The van der Waals surface area contributed by atoms with Crippen molar-refractivity contribution < 1.29 is 0 Å². The molecule has 106 valence electrons. The number of hydrogen-bond donors (Lipinski definition) is 1. The van der Waals surface area contributed by atoms with Crippen LogP contribution in [0.1, 0.15) is 78.1 Å². The van der Waals surface area contributed by atoms with Gasteiger partial charge in [-0.2, -0.15) is 0 Å². The Morgan fingerprint density at radius 1 is 1.06 bits per heavy atom. The average molecular weight is 251 g/mol. The number of hydrogen-bond acceptors (Lipinski definition) is 1. The Bertz CT molecular complexity index is 222. The van der Waals surface area contributed by atoms with E-state index in [-0.39, 0.29) is 0 Å². The van der Waals surface area contributed by atoms with Gasteiger partial charge in [0.15, 0.2) is 0 Å². The lowest BCUT2D eigenvalue weighted by atomic mass is 9.77. The largest absolute Gasteiger partial charge is 0.314 e. The van der Waals surface area contributed by atoms with Crippen molar-refractivity contribution in [1.29, 1.82) is 0 Å². The molecule has 0 saturated heterocycles. The molecule has 3 atom stereocenters. The third-order valence-corrected chi connectivity index (χ3v) is 5.20. The van der Waals surface area contributed by atoms with Crippen LogP contribution in [0.2, 0.25) is 0 Å². The van der Waals surface area contributed by atoms with Gasteiger partial charge >= 0.3 is 0 Å². The van der Waals surface area contributed by atoms with E-state index in [1.165, 1.54) is 70.8 Å². The molecule has 2 aliphatic carbocycles. The topological polar surface area (TPSA) is 12.0 Å². The van der Waals surface area contributed by atoms with E-state index < -0.39 is 0 Å². The van der Waals surface area contributed by atoms with Gasteiger partial charge in [0, 0.05) is 6.04 Å². The van der Waals surface area contributed by atoms with E-state index in [4.69, 9.17) is 0 Å². The second kappa shape index (κ2) is 7.53. The molecule has 1 heteroatoms. The number of nitrogens with one attached hydrogen (secondary N) is 1. The lowest BCUT2D eigenvalue weighted by Crippen LogP contribution is -2.32. The predicted molar refractivity (Wildman–Crippen MR) is 79.8 cm³/mol. The van der Waals surface area contributed by atoms with Crippen LogP contribution >= 0.6 is 0 Å². The van der Waals surface area contributed by atoms with Crippen LogP contribution in [0.25, 0.3) is 0 Å². The lowest BCUT2D eigenvalue weighted by molar-refractivity contribution is 0.236.